The van der Waals surface area contributed by atoms with Gasteiger partial charge in [0.2, 0.25) is 0 Å². The number of hydrogen-bond acceptors (Lipinski definition) is 3. The minimum absolute atomic E-state index is 0.194. The van der Waals surface area contributed by atoms with Crippen molar-refractivity contribution >= 4 is 0 Å². The normalized spacial score (nSPS) is 18.6. The second kappa shape index (κ2) is 5.55. The summed E-state index contributed by atoms with van der Waals surface area (Å²) in [6.45, 7) is 2.17. The minimum atomic E-state index is 0.194. The highest BCUT2D eigenvalue weighted by Crippen LogP contribution is 2.30. The van der Waals surface area contributed by atoms with E-state index in [4.69, 9.17) is 0 Å². The fourth-order valence-corrected chi connectivity index (χ4v) is 3.06. The molecule has 1 aliphatic rings. The van der Waals surface area contributed by atoms with Crippen molar-refractivity contribution in [3.05, 3.63) is 30.6 Å². The summed E-state index contributed by atoms with van der Waals surface area (Å²) in [4.78, 5) is 4.51. The molecular formula is C14H21N5. The van der Waals surface area contributed by atoms with Gasteiger partial charge in [0, 0.05) is 12.4 Å². The molecule has 0 aliphatic heterocycles. The number of hydrogen-bond donors (Lipinski definition) is 0. The van der Waals surface area contributed by atoms with Gasteiger partial charge in [-0.25, -0.2) is 9.67 Å². The Morgan fingerprint density at radius 1 is 1.26 bits per heavy atom. The molecule has 0 amide bonds. The molecule has 1 aliphatic carbocycles. The molecule has 2 aromatic rings. The quantitative estimate of drug-likeness (QED) is 0.848. The third kappa shape index (κ3) is 2.41. The molecule has 0 saturated heterocycles. The summed E-state index contributed by atoms with van der Waals surface area (Å²) in [6, 6.07) is 2.68. The molecule has 0 aromatic carbocycles. The van der Waals surface area contributed by atoms with E-state index in [0.29, 0.717) is 6.04 Å². The van der Waals surface area contributed by atoms with Crippen LogP contribution in [0.2, 0.25) is 0 Å². The zero-order valence-electron chi connectivity index (χ0n) is 11.4. The Bertz CT molecular complexity index is 496. The number of nitrogens with zero attached hydrogens (tertiary/aromatic N) is 5. The van der Waals surface area contributed by atoms with Crippen LogP contribution in [0.4, 0.5) is 0 Å². The summed E-state index contributed by atoms with van der Waals surface area (Å²) in [6.07, 6.45) is 12.9. The van der Waals surface area contributed by atoms with E-state index in [-0.39, 0.29) is 6.04 Å². The fraction of sp³-hybridized carbons (Fsp3) is 0.643. The Balaban J connectivity index is 1.89. The van der Waals surface area contributed by atoms with Crippen LogP contribution < -0.4 is 0 Å². The van der Waals surface area contributed by atoms with Crippen molar-refractivity contribution in [2.45, 2.75) is 57.5 Å². The van der Waals surface area contributed by atoms with E-state index < -0.39 is 0 Å². The highest BCUT2D eigenvalue weighted by molar-refractivity contribution is 4.99. The average Bonchev–Trinajstić information content (AvgIpc) is 3.12. The molecule has 5 nitrogen and oxygen atoms in total. The van der Waals surface area contributed by atoms with E-state index in [1.165, 1.54) is 32.1 Å². The van der Waals surface area contributed by atoms with Crippen molar-refractivity contribution in [2.75, 3.05) is 0 Å². The Morgan fingerprint density at radius 2 is 2.11 bits per heavy atom. The SMILES string of the molecule is CC[C@H](c1ncnn1C1CCCCC1)n1cccn1. The topological polar surface area (TPSA) is 48.5 Å². The second-order valence-corrected chi connectivity index (χ2v) is 5.26. The summed E-state index contributed by atoms with van der Waals surface area (Å²) in [5.41, 5.74) is 0. The zero-order chi connectivity index (χ0) is 13.1. The smallest absolute Gasteiger partial charge is 0.151 e. The molecule has 1 fully saturated rings. The van der Waals surface area contributed by atoms with Crippen LogP contribution in [0.5, 0.6) is 0 Å². The molecule has 3 rings (SSSR count). The maximum Gasteiger partial charge on any atom is 0.151 e. The Labute approximate surface area is 113 Å². The minimum Gasteiger partial charge on any atom is -0.262 e. The average molecular weight is 259 g/mol. The molecule has 0 unspecified atom stereocenters. The van der Waals surface area contributed by atoms with Gasteiger partial charge in [-0.1, -0.05) is 26.2 Å². The molecular weight excluding hydrogens is 238 g/mol. The molecule has 102 valence electrons. The van der Waals surface area contributed by atoms with Gasteiger partial charge in [0.1, 0.15) is 12.4 Å². The monoisotopic (exact) mass is 259 g/mol. The van der Waals surface area contributed by atoms with Gasteiger partial charge in [0.05, 0.1) is 6.04 Å². The lowest BCUT2D eigenvalue weighted by molar-refractivity contribution is 0.307. The molecule has 0 bridgehead atoms. The first kappa shape index (κ1) is 12.4. The Kier molecular flexibility index (Phi) is 3.62. The first-order valence-electron chi connectivity index (χ1n) is 7.28. The highest BCUT2D eigenvalue weighted by atomic mass is 15.4. The van der Waals surface area contributed by atoms with E-state index >= 15 is 0 Å². The van der Waals surface area contributed by atoms with Gasteiger partial charge >= 0.3 is 0 Å². The summed E-state index contributed by atoms with van der Waals surface area (Å²) in [5.74, 6) is 1.05. The van der Waals surface area contributed by atoms with Gasteiger partial charge < -0.3 is 0 Å². The van der Waals surface area contributed by atoms with Gasteiger partial charge in [-0.2, -0.15) is 10.2 Å². The van der Waals surface area contributed by atoms with E-state index in [1.807, 2.05) is 23.1 Å². The van der Waals surface area contributed by atoms with Gasteiger partial charge in [0.15, 0.2) is 5.82 Å². The van der Waals surface area contributed by atoms with E-state index in [9.17, 15) is 0 Å². The maximum absolute atomic E-state index is 4.51. The predicted octanol–water partition coefficient (Wildman–Crippen LogP) is 2.98. The van der Waals surface area contributed by atoms with Crippen molar-refractivity contribution in [1.29, 1.82) is 0 Å². The standard InChI is InChI=1S/C14H21N5/c1-2-13(18-10-6-9-16-18)14-15-11-17-19(14)12-7-4-3-5-8-12/h6,9-13H,2-5,7-8H2,1H3/t13-/m1/s1. The van der Waals surface area contributed by atoms with Crippen LogP contribution in [0.15, 0.2) is 24.8 Å². The van der Waals surface area contributed by atoms with Crippen molar-refractivity contribution in [3.63, 3.8) is 0 Å². The molecule has 0 radical (unpaired) electrons. The first-order chi connectivity index (χ1) is 9.40. The molecule has 1 atom stereocenters. The lowest BCUT2D eigenvalue weighted by Gasteiger charge is -2.25. The molecule has 5 heteroatoms. The van der Waals surface area contributed by atoms with Crippen molar-refractivity contribution in [2.24, 2.45) is 0 Å². The van der Waals surface area contributed by atoms with Crippen LogP contribution in [0, 0.1) is 0 Å². The Morgan fingerprint density at radius 3 is 2.79 bits per heavy atom. The van der Waals surface area contributed by atoms with Crippen molar-refractivity contribution in [3.8, 4) is 0 Å². The van der Waals surface area contributed by atoms with Crippen LogP contribution in [-0.2, 0) is 0 Å². The van der Waals surface area contributed by atoms with Gasteiger partial charge in [-0.15, -0.1) is 0 Å². The van der Waals surface area contributed by atoms with Crippen LogP contribution >= 0.6 is 0 Å². The number of rotatable bonds is 4. The number of aromatic nitrogens is 5. The van der Waals surface area contributed by atoms with Crippen molar-refractivity contribution < 1.29 is 0 Å². The zero-order valence-corrected chi connectivity index (χ0v) is 11.4. The van der Waals surface area contributed by atoms with Crippen LogP contribution in [-0.4, -0.2) is 24.5 Å². The molecule has 0 N–H and O–H groups in total. The highest BCUT2D eigenvalue weighted by Gasteiger charge is 2.24. The fourth-order valence-electron chi connectivity index (χ4n) is 3.06. The maximum atomic E-state index is 4.51. The summed E-state index contributed by atoms with van der Waals surface area (Å²) in [5, 5.41) is 8.85. The summed E-state index contributed by atoms with van der Waals surface area (Å²) >= 11 is 0. The lowest BCUT2D eigenvalue weighted by Crippen LogP contribution is -2.22. The first-order valence-corrected chi connectivity index (χ1v) is 7.28. The third-order valence-corrected chi connectivity index (χ3v) is 4.05. The Hall–Kier alpha value is -1.65. The molecule has 0 spiro atoms. The molecule has 2 heterocycles. The van der Waals surface area contributed by atoms with Gasteiger partial charge in [-0.05, 0) is 25.3 Å². The summed E-state index contributed by atoms with van der Waals surface area (Å²) < 4.78 is 4.14. The third-order valence-electron chi connectivity index (χ3n) is 4.05. The largest absolute Gasteiger partial charge is 0.262 e. The molecule has 19 heavy (non-hydrogen) atoms. The van der Waals surface area contributed by atoms with E-state index in [0.717, 1.165) is 12.2 Å². The molecule has 1 saturated carbocycles. The van der Waals surface area contributed by atoms with Gasteiger partial charge in [0.25, 0.3) is 0 Å². The lowest BCUT2D eigenvalue weighted by atomic mass is 9.95. The molecule has 2 aromatic heterocycles. The summed E-state index contributed by atoms with van der Waals surface area (Å²) in [7, 11) is 0. The van der Waals surface area contributed by atoms with Gasteiger partial charge in [-0.3, -0.25) is 4.68 Å². The van der Waals surface area contributed by atoms with E-state index in [1.54, 1.807) is 6.33 Å². The van der Waals surface area contributed by atoms with Crippen LogP contribution in [0.25, 0.3) is 0 Å². The van der Waals surface area contributed by atoms with Crippen LogP contribution in [0.3, 0.4) is 0 Å². The van der Waals surface area contributed by atoms with E-state index in [2.05, 4.69) is 26.8 Å². The predicted molar refractivity (Wildman–Crippen MR) is 72.8 cm³/mol. The van der Waals surface area contributed by atoms with Crippen molar-refractivity contribution in [1.82, 2.24) is 24.5 Å². The second-order valence-electron chi connectivity index (χ2n) is 5.26. The van der Waals surface area contributed by atoms with Crippen LogP contribution in [0.1, 0.15) is 63.4 Å².